The van der Waals surface area contributed by atoms with Gasteiger partial charge in [-0.05, 0) is 70.8 Å². The van der Waals surface area contributed by atoms with Gasteiger partial charge in [-0.25, -0.2) is 4.98 Å². The Labute approximate surface area is 235 Å². The third-order valence-corrected chi connectivity index (χ3v) is 6.20. The van der Waals surface area contributed by atoms with Gasteiger partial charge >= 0.3 is 0 Å². The summed E-state index contributed by atoms with van der Waals surface area (Å²) in [6, 6.07) is 32.4. The van der Waals surface area contributed by atoms with Crippen LogP contribution in [0.25, 0.3) is 46.1 Å². The number of aromatic nitrogens is 3. The quantitative estimate of drug-likeness (QED) is 0.127. The molecule has 0 N–H and O–H groups in total. The van der Waals surface area contributed by atoms with E-state index >= 15 is 0 Å². The maximum Gasteiger partial charge on any atom is 0.119 e. The summed E-state index contributed by atoms with van der Waals surface area (Å²) in [5, 5.41) is 0. The summed E-state index contributed by atoms with van der Waals surface area (Å²) in [6.45, 7) is 2.21. The van der Waals surface area contributed by atoms with Crippen LogP contribution >= 0.6 is 0 Å². The lowest BCUT2D eigenvalue weighted by Crippen LogP contribution is -2.09. The van der Waals surface area contributed by atoms with Crippen molar-refractivity contribution in [2.24, 2.45) is 0 Å². The van der Waals surface area contributed by atoms with Gasteiger partial charge in [0.05, 0.1) is 42.6 Å². The van der Waals surface area contributed by atoms with Crippen molar-refractivity contribution in [2.75, 3.05) is 33.5 Å². The average Bonchev–Trinajstić information content (AvgIpc) is 3.03. The Balaban J connectivity index is 1.28. The van der Waals surface area contributed by atoms with Crippen LogP contribution in [0.3, 0.4) is 0 Å². The molecule has 5 rings (SSSR count). The van der Waals surface area contributed by atoms with E-state index in [1.165, 1.54) is 0 Å². The highest BCUT2D eigenvalue weighted by Gasteiger charge is 2.10. The van der Waals surface area contributed by atoms with Crippen LogP contribution in [0.1, 0.15) is 11.1 Å². The van der Waals surface area contributed by atoms with Crippen molar-refractivity contribution in [3.8, 4) is 39.7 Å². The van der Waals surface area contributed by atoms with Crippen LogP contribution < -0.4 is 4.74 Å². The summed E-state index contributed by atoms with van der Waals surface area (Å²) >= 11 is 0. The maximum absolute atomic E-state index is 5.73. The first-order chi connectivity index (χ1) is 19.8. The van der Waals surface area contributed by atoms with Gasteiger partial charge < -0.3 is 14.2 Å². The number of benzene rings is 2. The van der Waals surface area contributed by atoms with Gasteiger partial charge in [-0.15, -0.1) is 0 Å². The molecular formula is C34H31N3O3. The molecule has 0 spiro atoms. The smallest absolute Gasteiger partial charge is 0.119 e. The van der Waals surface area contributed by atoms with Crippen molar-refractivity contribution in [3.05, 3.63) is 121 Å². The lowest BCUT2D eigenvalue weighted by atomic mass is 10.0. The topological polar surface area (TPSA) is 66.4 Å². The molecule has 200 valence electrons. The van der Waals surface area contributed by atoms with E-state index in [0.29, 0.717) is 26.4 Å². The van der Waals surface area contributed by atoms with Gasteiger partial charge in [-0.3, -0.25) is 9.97 Å². The summed E-state index contributed by atoms with van der Waals surface area (Å²) in [7, 11) is 1.66. The fourth-order valence-corrected chi connectivity index (χ4v) is 4.11. The molecule has 6 nitrogen and oxygen atoms in total. The molecule has 3 heterocycles. The lowest BCUT2D eigenvalue weighted by Gasteiger charge is -2.09. The molecular weight excluding hydrogens is 498 g/mol. The third kappa shape index (κ3) is 7.47. The number of nitrogens with zero attached hydrogens (tertiary/aromatic N) is 3. The van der Waals surface area contributed by atoms with E-state index in [1.54, 1.807) is 19.5 Å². The number of rotatable bonds is 12. The van der Waals surface area contributed by atoms with E-state index in [9.17, 15) is 0 Å². The van der Waals surface area contributed by atoms with E-state index in [2.05, 4.69) is 58.5 Å². The summed E-state index contributed by atoms with van der Waals surface area (Å²) in [5.74, 6) is 0.823. The van der Waals surface area contributed by atoms with Crippen LogP contribution in [-0.2, 0) is 9.47 Å². The highest BCUT2D eigenvalue weighted by Crippen LogP contribution is 2.29. The molecule has 0 unspecified atom stereocenters. The second kappa shape index (κ2) is 13.9. The predicted octanol–water partition coefficient (Wildman–Crippen LogP) is 7.08. The molecule has 2 aromatic carbocycles. The fraction of sp³-hybridized carbons (Fsp3) is 0.147. The van der Waals surface area contributed by atoms with Gasteiger partial charge in [-0.1, -0.05) is 60.7 Å². The average molecular weight is 530 g/mol. The summed E-state index contributed by atoms with van der Waals surface area (Å²) in [4.78, 5) is 13.9. The Morgan fingerprint density at radius 1 is 0.575 bits per heavy atom. The molecule has 0 aliphatic carbocycles. The van der Waals surface area contributed by atoms with E-state index in [4.69, 9.17) is 19.2 Å². The summed E-state index contributed by atoms with van der Waals surface area (Å²) < 4.78 is 16.1. The number of methoxy groups -OCH3 is 1. The van der Waals surface area contributed by atoms with Crippen molar-refractivity contribution in [1.29, 1.82) is 0 Å². The van der Waals surface area contributed by atoms with Gasteiger partial charge in [0, 0.05) is 19.5 Å². The molecule has 0 fully saturated rings. The Morgan fingerprint density at radius 2 is 1.15 bits per heavy atom. The number of pyridine rings is 3. The fourth-order valence-electron chi connectivity index (χ4n) is 4.11. The second-order valence-corrected chi connectivity index (χ2v) is 9.03. The second-order valence-electron chi connectivity index (χ2n) is 9.03. The van der Waals surface area contributed by atoms with Gasteiger partial charge in [0.2, 0.25) is 0 Å². The van der Waals surface area contributed by atoms with Crippen LogP contribution in [0.5, 0.6) is 5.75 Å². The number of ether oxygens (including phenoxy) is 3. The van der Waals surface area contributed by atoms with Crippen LogP contribution in [-0.4, -0.2) is 48.5 Å². The Hall–Kier alpha value is -4.65. The molecule has 5 aromatic rings. The zero-order valence-corrected chi connectivity index (χ0v) is 22.4. The molecule has 3 aromatic heterocycles. The van der Waals surface area contributed by atoms with Crippen molar-refractivity contribution in [3.63, 3.8) is 0 Å². The minimum Gasteiger partial charge on any atom is -0.491 e. The molecule has 0 aliphatic heterocycles. The molecule has 0 atom stereocenters. The van der Waals surface area contributed by atoms with Crippen LogP contribution in [0, 0.1) is 0 Å². The molecule has 0 radical (unpaired) electrons. The molecule has 0 amide bonds. The minimum atomic E-state index is 0.509. The van der Waals surface area contributed by atoms with Crippen molar-refractivity contribution in [1.82, 2.24) is 15.0 Å². The van der Waals surface area contributed by atoms with Crippen LogP contribution in [0.2, 0.25) is 0 Å². The van der Waals surface area contributed by atoms with Crippen molar-refractivity contribution < 1.29 is 14.2 Å². The van der Waals surface area contributed by atoms with Gasteiger partial charge in [0.1, 0.15) is 12.4 Å². The first-order valence-electron chi connectivity index (χ1n) is 13.2. The zero-order chi connectivity index (χ0) is 27.4. The third-order valence-electron chi connectivity index (χ3n) is 6.20. The van der Waals surface area contributed by atoms with Crippen LogP contribution in [0.4, 0.5) is 0 Å². The molecule has 40 heavy (non-hydrogen) atoms. The van der Waals surface area contributed by atoms with E-state index in [-0.39, 0.29) is 0 Å². The van der Waals surface area contributed by atoms with Crippen LogP contribution in [0.15, 0.2) is 109 Å². The van der Waals surface area contributed by atoms with E-state index in [1.807, 2.05) is 60.7 Å². The van der Waals surface area contributed by atoms with Gasteiger partial charge in [0.15, 0.2) is 0 Å². The molecule has 6 heteroatoms. The van der Waals surface area contributed by atoms with Crippen molar-refractivity contribution in [2.45, 2.75) is 0 Å². The minimum absolute atomic E-state index is 0.509. The predicted molar refractivity (Wildman–Crippen MR) is 160 cm³/mol. The first-order valence-corrected chi connectivity index (χ1v) is 13.2. The molecule has 0 saturated carbocycles. The standard InChI is InChI=1S/C34H31N3O3/c1-38-20-21-39-22-23-40-30-16-12-27(13-17-30)9-8-26-10-14-28(15-11-26)29-24-33(31-6-2-4-18-35-31)37-34(25-29)32-7-3-5-19-36-32/h2-19,24-25H,20-23H2,1H3/b9-8+. The lowest BCUT2D eigenvalue weighted by molar-refractivity contribution is 0.0544. The summed E-state index contributed by atoms with van der Waals surface area (Å²) in [6.07, 6.45) is 7.77. The Kier molecular flexibility index (Phi) is 9.39. The maximum atomic E-state index is 5.73. The SMILES string of the molecule is COCCOCCOc1ccc(/C=C/c2ccc(-c3cc(-c4ccccn4)nc(-c4ccccn4)c3)cc2)cc1. The largest absolute Gasteiger partial charge is 0.491 e. The van der Waals surface area contributed by atoms with Gasteiger partial charge in [-0.2, -0.15) is 0 Å². The Bertz CT molecular complexity index is 1450. The number of hydrogen-bond acceptors (Lipinski definition) is 6. The highest BCUT2D eigenvalue weighted by atomic mass is 16.5. The van der Waals surface area contributed by atoms with E-state index < -0.39 is 0 Å². The van der Waals surface area contributed by atoms with Gasteiger partial charge in [0.25, 0.3) is 0 Å². The normalized spacial score (nSPS) is 11.1. The first kappa shape index (κ1) is 26.9. The number of hydrogen-bond donors (Lipinski definition) is 0. The zero-order valence-electron chi connectivity index (χ0n) is 22.4. The molecule has 0 bridgehead atoms. The van der Waals surface area contributed by atoms with E-state index in [0.717, 1.165) is 50.8 Å². The van der Waals surface area contributed by atoms with Crippen molar-refractivity contribution >= 4 is 12.2 Å². The highest BCUT2D eigenvalue weighted by molar-refractivity contribution is 5.76. The Morgan fingerprint density at radius 3 is 1.70 bits per heavy atom. The molecule has 0 saturated heterocycles. The summed E-state index contributed by atoms with van der Waals surface area (Å²) in [5.41, 5.74) is 7.65. The monoisotopic (exact) mass is 529 g/mol. The molecule has 0 aliphatic rings.